The number of rotatable bonds is 2. The summed E-state index contributed by atoms with van der Waals surface area (Å²) in [6.45, 7) is 4.54. The molecule has 1 aliphatic heterocycles. The summed E-state index contributed by atoms with van der Waals surface area (Å²) in [7, 11) is 3.53. The molecule has 1 fully saturated rings. The van der Waals surface area contributed by atoms with Crippen LogP contribution in [0.5, 0.6) is 0 Å². The molecule has 0 aromatic carbocycles. The van der Waals surface area contributed by atoms with E-state index in [2.05, 4.69) is 0 Å². The second kappa shape index (κ2) is 4.64. The predicted molar refractivity (Wildman–Crippen MR) is 58.3 cm³/mol. The first-order chi connectivity index (χ1) is 6.99. The van der Waals surface area contributed by atoms with Crippen LogP contribution in [0.2, 0.25) is 0 Å². The Bertz CT molecular complexity index is 263. The summed E-state index contributed by atoms with van der Waals surface area (Å²) in [6, 6.07) is 0.0485. The number of amides is 2. The van der Waals surface area contributed by atoms with Crippen molar-refractivity contribution in [2.75, 3.05) is 20.6 Å². The van der Waals surface area contributed by atoms with E-state index in [0.717, 1.165) is 13.0 Å². The smallest absolute Gasteiger partial charge is 0.227 e. The molecule has 0 N–H and O–H groups in total. The van der Waals surface area contributed by atoms with Gasteiger partial charge in [-0.1, -0.05) is 6.92 Å². The third-order valence-corrected chi connectivity index (χ3v) is 3.14. The fourth-order valence-electron chi connectivity index (χ4n) is 2.16. The van der Waals surface area contributed by atoms with Gasteiger partial charge in [-0.3, -0.25) is 9.59 Å². The van der Waals surface area contributed by atoms with Crippen LogP contribution in [-0.2, 0) is 9.59 Å². The molecule has 15 heavy (non-hydrogen) atoms. The van der Waals surface area contributed by atoms with Crippen LogP contribution in [-0.4, -0.2) is 48.3 Å². The monoisotopic (exact) mass is 212 g/mol. The maximum Gasteiger partial charge on any atom is 0.227 e. The molecule has 1 heterocycles. The second-order valence-electron chi connectivity index (χ2n) is 4.31. The van der Waals surface area contributed by atoms with Crippen LogP contribution >= 0.6 is 0 Å². The Kier molecular flexibility index (Phi) is 3.72. The third kappa shape index (κ3) is 2.30. The summed E-state index contributed by atoms with van der Waals surface area (Å²) in [4.78, 5) is 26.8. The molecule has 4 heteroatoms. The van der Waals surface area contributed by atoms with E-state index >= 15 is 0 Å². The first-order valence-electron chi connectivity index (χ1n) is 5.49. The van der Waals surface area contributed by atoms with Gasteiger partial charge in [-0.15, -0.1) is 0 Å². The molecule has 2 atom stereocenters. The van der Waals surface area contributed by atoms with Gasteiger partial charge in [-0.05, 0) is 13.3 Å². The minimum absolute atomic E-state index is 0.0181. The lowest BCUT2D eigenvalue weighted by Crippen LogP contribution is -2.40. The highest BCUT2D eigenvalue weighted by Crippen LogP contribution is 2.25. The van der Waals surface area contributed by atoms with Gasteiger partial charge in [0.15, 0.2) is 0 Å². The van der Waals surface area contributed by atoms with Crippen molar-refractivity contribution in [1.82, 2.24) is 9.80 Å². The van der Waals surface area contributed by atoms with E-state index in [1.165, 1.54) is 0 Å². The van der Waals surface area contributed by atoms with Crippen molar-refractivity contribution in [2.24, 2.45) is 5.92 Å². The van der Waals surface area contributed by atoms with Gasteiger partial charge in [0.2, 0.25) is 11.8 Å². The lowest BCUT2D eigenvalue weighted by Gasteiger charge is -2.25. The molecule has 1 rings (SSSR count). The molecule has 0 spiro atoms. The van der Waals surface area contributed by atoms with Gasteiger partial charge in [0.05, 0.1) is 5.92 Å². The topological polar surface area (TPSA) is 40.6 Å². The standard InChI is InChI=1S/C11H20N2O2/c1-5-10(14)13-7-6-9(8(13)2)11(15)12(3)4/h8-9H,5-7H2,1-4H3. The zero-order valence-electron chi connectivity index (χ0n) is 9.99. The summed E-state index contributed by atoms with van der Waals surface area (Å²) >= 11 is 0. The van der Waals surface area contributed by atoms with Crippen molar-refractivity contribution >= 4 is 11.8 Å². The number of carbonyl (C=O) groups is 2. The van der Waals surface area contributed by atoms with E-state index < -0.39 is 0 Å². The largest absolute Gasteiger partial charge is 0.349 e. The lowest BCUT2D eigenvalue weighted by atomic mass is 10.0. The summed E-state index contributed by atoms with van der Waals surface area (Å²) < 4.78 is 0. The van der Waals surface area contributed by atoms with Gasteiger partial charge in [-0.2, -0.15) is 0 Å². The molecule has 1 aliphatic rings. The average Bonchev–Trinajstić information content (AvgIpc) is 2.57. The lowest BCUT2D eigenvalue weighted by molar-refractivity contribution is -0.135. The Morgan fingerprint density at radius 1 is 1.40 bits per heavy atom. The molecule has 2 unspecified atom stereocenters. The molecule has 0 bridgehead atoms. The van der Waals surface area contributed by atoms with Crippen molar-refractivity contribution in [3.8, 4) is 0 Å². The van der Waals surface area contributed by atoms with E-state index in [9.17, 15) is 9.59 Å². The molecule has 4 nitrogen and oxygen atoms in total. The molecule has 0 aromatic heterocycles. The van der Waals surface area contributed by atoms with Crippen molar-refractivity contribution < 1.29 is 9.59 Å². The Morgan fingerprint density at radius 2 is 2.00 bits per heavy atom. The van der Waals surface area contributed by atoms with Crippen molar-refractivity contribution in [1.29, 1.82) is 0 Å². The van der Waals surface area contributed by atoms with Crippen molar-refractivity contribution in [3.63, 3.8) is 0 Å². The summed E-state index contributed by atoms with van der Waals surface area (Å²) in [5.74, 6) is 0.265. The second-order valence-corrected chi connectivity index (χ2v) is 4.31. The summed E-state index contributed by atoms with van der Waals surface area (Å²) in [6.07, 6.45) is 1.32. The summed E-state index contributed by atoms with van der Waals surface area (Å²) in [5.41, 5.74) is 0. The maximum atomic E-state index is 11.8. The molecule has 86 valence electrons. The molecule has 0 saturated carbocycles. The molecule has 1 saturated heterocycles. The molecule has 0 aromatic rings. The predicted octanol–water partition coefficient (Wildman–Crippen LogP) is 0.722. The number of carbonyl (C=O) groups excluding carboxylic acids is 2. The van der Waals surface area contributed by atoms with Crippen molar-refractivity contribution in [2.45, 2.75) is 32.7 Å². The van der Waals surface area contributed by atoms with E-state index in [-0.39, 0.29) is 23.8 Å². The summed E-state index contributed by atoms with van der Waals surface area (Å²) in [5, 5.41) is 0. The highest BCUT2D eigenvalue weighted by Gasteiger charge is 2.37. The highest BCUT2D eigenvalue weighted by molar-refractivity contribution is 5.82. The number of hydrogen-bond donors (Lipinski definition) is 0. The van der Waals surface area contributed by atoms with Crippen LogP contribution in [0, 0.1) is 5.92 Å². The Hall–Kier alpha value is -1.06. The average molecular weight is 212 g/mol. The molecular formula is C11H20N2O2. The Labute approximate surface area is 91.2 Å². The van der Waals surface area contributed by atoms with Crippen LogP contribution in [0.25, 0.3) is 0 Å². The zero-order valence-corrected chi connectivity index (χ0v) is 9.99. The van der Waals surface area contributed by atoms with Gasteiger partial charge in [-0.25, -0.2) is 0 Å². The van der Waals surface area contributed by atoms with Gasteiger partial charge < -0.3 is 9.80 Å². The van der Waals surface area contributed by atoms with Crippen LogP contribution in [0.4, 0.5) is 0 Å². The van der Waals surface area contributed by atoms with Crippen LogP contribution in [0.1, 0.15) is 26.7 Å². The SMILES string of the molecule is CCC(=O)N1CCC(C(=O)N(C)C)C1C. The van der Waals surface area contributed by atoms with Gasteiger partial charge in [0, 0.05) is 33.1 Å². The van der Waals surface area contributed by atoms with Crippen LogP contribution in [0.3, 0.4) is 0 Å². The first kappa shape index (κ1) is 12.0. The quantitative estimate of drug-likeness (QED) is 0.677. The normalized spacial score (nSPS) is 25.5. The highest BCUT2D eigenvalue weighted by atomic mass is 16.2. The van der Waals surface area contributed by atoms with Crippen LogP contribution < -0.4 is 0 Å². The Morgan fingerprint density at radius 3 is 2.47 bits per heavy atom. The minimum Gasteiger partial charge on any atom is -0.349 e. The number of nitrogens with zero attached hydrogens (tertiary/aromatic N) is 2. The molecule has 0 aliphatic carbocycles. The van der Waals surface area contributed by atoms with E-state index in [1.54, 1.807) is 19.0 Å². The van der Waals surface area contributed by atoms with Crippen molar-refractivity contribution in [3.05, 3.63) is 0 Å². The van der Waals surface area contributed by atoms with E-state index in [1.807, 2.05) is 18.7 Å². The zero-order chi connectivity index (χ0) is 11.6. The fourth-order valence-corrected chi connectivity index (χ4v) is 2.16. The van der Waals surface area contributed by atoms with Gasteiger partial charge >= 0.3 is 0 Å². The van der Waals surface area contributed by atoms with E-state index in [4.69, 9.17) is 0 Å². The van der Waals surface area contributed by atoms with Gasteiger partial charge in [0.25, 0.3) is 0 Å². The Balaban J connectivity index is 2.67. The molecule has 2 amide bonds. The van der Waals surface area contributed by atoms with Gasteiger partial charge in [0.1, 0.15) is 0 Å². The maximum absolute atomic E-state index is 11.8. The molecular weight excluding hydrogens is 192 g/mol. The third-order valence-electron chi connectivity index (χ3n) is 3.14. The van der Waals surface area contributed by atoms with Crippen LogP contribution in [0.15, 0.2) is 0 Å². The first-order valence-corrected chi connectivity index (χ1v) is 5.49. The fraction of sp³-hybridized carbons (Fsp3) is 0.818. The number of likely N-dealkylation sites (tertiary alicyclic amines) is 1. The van der Waals surface area contributed by atoms with E-state index in [0.29, 0.717) is 6.42 Å². The minimum atomic E-state index is -0.0181. The number of hydrogen-bond acceptors (Lipinski definition) is 2. The molecule has 0 radical (unpaired) electrons.